The second-order valence-electron chi connectivity index (χ2n) is 3.38. The minimum absolute atomic E-state index is 0.140. The van der Waals surface area contributed by atoms with Gasteiger partial charge in [-0.05, 0) is 19.1 Å². The first-order chi connectivity index (χ1) is 7.61. The lowest BCUT2D eigenvalue weighted by molar-refractivity contribution is 0.0746. The number of hydrazone groups is 1. The maximum atomic E-state index is 9.30. The summed E-state index contributed by atoms with van der Waals surface area (Å²) in [5.74, 6) is 0. The normalized spacial score (nSPS) is 14.7. The van der Waals surface area contributed by atoms with Crippen LogP contribution >= 0.6 is 0 Å². The van der Waals surface area contributed by atoms with Crippen LogP contribution in [0.3, 0.4) is 0 Å². The fourth-order valence-electron chi connectivity index (χ4n) is 1.03. The summed E-state index contributed by atoms with van der Waals surface area (Å²) in [4.78, 5) is 0. The van der Waals surface area contributed by atoms with Crippen molar-refractivity contribution in [1.29, 1.82) is 5.41 Å². The molecular weight excluding hydrogens is 206 g/mol. The van der Waals surface area contributed by atoms with Crippen molar-refractivity contribution in [2.24, 2.45) is 5.10 Å². The highest BCUT2D eigenvalue weighted by Crippen LogP contribution is 2.03. The van der Waals surface area contributed by atoms with Crippen LogP contribution in [0, 0.1) is 5.41 Å². The molecule has 0 aliphatic carbocycles. The molecular formula is C11H15N3O2. The van der Waals surface area contributed by atoms with Gasteiger partial charge >= 0.3 is 0 Å². The first kappa shape index (κ1) is 12.4. The Labute approximate surface area is 93.9 Å². The van der Waals surface area contributed by atoms with Crippen molar-refractivity contribution in [1.82, 2.24) is 0 Å². The van der Waals surface area contributed by atoms with Gasteiger partial charge in [0.15, 0.2) is 0 Å². The van der Waals surface area contributed by atoms with Crippen LogP contribution in [-0.4, -0.2) is 34.3 Å². The van der Waals surface area contributed by atoms with Crippen LogP contribution in [0.25, 0.3) is 0 Å². The fraction of sp³-hybridized carbons (Fsp3) is 0.273. The first-order valence-corrected chi connectivity index (χ1v) is 4.90. The van der Waals surface area contributed by atoms with Crippen molar-refractivity contribution in [3.63, 3.8) is 0 Å². The molecule has 5 heteroatoms. The van der Waals surface area contributed by atoms with E-state index in [1.165, 1.54) is 13.1 Å². The zero-order valence-corrected chi connectivity index (χ0v) is 8.96. The molecule has 4 N–H and O–H groups in total. The standard InChI is InChI=1S/C11H15N3O2/c1-8(15)11(16)10(12)7-13-14-9-5-3-2-4-6-9/h2-8,11-12,14-16H,1H3/b12-10?,13-7+. The third kappa shape index (κ3) is 3.80. The van der Waals surface area contributed by atoms with Gasteiger partial charge in [-0.25, -0.2) is 0 Å². The number of hydrogen-bond acceptors (Lipinski definition) is 5. The molecule has 2 atom stereocenters. The van der Waals surface area contributed by atoms with E-state index in [0.29, 0.717) is 0 Å². The van der Waals surface area contributed by atoms with Gasteiger partial charge in [0, 0.05) is 0 Å². The monoisotopic (exact) mass is 221 g/mol. The second kappa shape index (κ2) is 5.99. The maximum absolute atomic E-state index is 9.30. The molecule has 2 unspecified atom stereocenters. The molecule has 0 aliphatic heterocycles. The molecule has 0 radical (unpaired) electrons. The second-order valence-corrected chi connectivity index (χ2v) is 3.38. The summed E-state index contributed by atoms with van der Waals surface area (Å²) in [6, 6.07) is 9.24. The first-order valence-electron chi connectivity index (χ1n) is 4.90. The summed E-state index contributed by atoms with van der Waals surface area (Å²) < 4.78 is 0. The van der Waals surface area contributed by atoms with Gasteiger partial charge in [0.1, 0.15) is 6.10 Å². The van der Waals surface area contributed by atoms with Gasteiger partial charge in [0.25, 0.3) is 0 Å². The Bertz CT molecular complexity index is 363. The van der Waals surface area contributed by atoms with Gasteiger partial charge in [0.05, 0.1) is 23.7 Å². The van der Waals surface area contributed by atoms with Gasteiger partial charge < -0.3 is 15.6 Å². The molecule has 0 spiro atoms. The number of aliphatic hydroxyl groups excluding tert-OH is 2. The van der Waals surface area contributed by atoms with Gasteiger partial charge in [-0.2, -0.15) is 5.10 Å². The lowest BCUT2D eigenvalue weighted by Crippen LogP contribution is -2.32. The SMILES string of the molecule is CC(O)C(O)C(=N)/C=N/Nc1ccccc1. The zero-order chi connectivity index (χ0) is 12.0. The van der Waals surface area contributed by atoms with E-state index in [0.717, 1.165) is 5.69 Å². The highest BCUT2D eigenvalue weighted by atomic mass is 16.3. The molecule has 1 rings (SSSR count). The molecule has 0 saturated carbocycles. The van der Waals surface area contributed by atoms with E-state index in [-0.39, 0.29) is 5.71 Å². The van der Waals surface area contributed by atoms with Crippen LogP contribution in [0.1, 0.15) is 6.92 Å². The van der Waals surface area contributed by atoms with Crippen LogP contribution in [0.2, 0.25) is 0 Å². The molecule has 16 heavy (non-hydrogen) atoms. The minimum atomic E-state index is -1.21. The molecule has 0 aliphatic rings. The summed E-state index contributed by atoms with van der Waals surface area (Å²) in [6.07, 6.45) is -1.01. The summed E-state index contributed by atoms with van der Waals surface area (Å²) in [5.41, 5.74) is 3.35. The number of nitrogens with one attached hydrogen (secondary N) is 2. The summed E-state index contributed by atoms with van der Waals surface area (Å²) in [7, 11) is 0. The van der Waals surface area contributed by atoms with E-state index in [9.17, 15) is 5.11 Å². The topological polar surface area (TPSA) is 88.7 Å². The summed E-state index contributed by atoms with van der Waals surface area (Å²) in [5, 5.41) is 29.5. The fourth-order valence-corrected chi connectivity index (χ4v) is 1.03. The number of para-hydroxylation sites is 1. The van der Waals surface area contributed by atoms with Crippen molar-refractivity contribution < 1.29 is 10.2 Å². The number of benzene rings is 1. The van der Waals surface area contributed by atoms with Gasteiger partial charge in [-0.3, -0.25) is 5.43 Å². The van der Waals surface area contributed by atoms with Crippen molar-refractivity contribution >= 4 is 17.6 Å². The van der Waals surface area contributed by atoms with Crippen molar-refractivity contribution in [3.05, 3.63) is 30.3 Å². The van der Waals surface area contributed by atoms with Crippen molar-refractivity contribution in [3.8, 4) is 0 Å². The van der Waals surface area contributed by atoms with Crippen LogP contribution in [0.15, 0.2) is 35.4 Å². The van der Waals surface area contributed by atoms with Crippen LogP contribution in [0.4, 0.5) is 5.69 Å². The molecule has 1 aromatic carbocycles. The minimum Gasteiger partial charge on any atom is -0.390 e. The van der Waals surface area contributed by atoms with E-state index < -0.39 is 12.2 Å². The molecule has 86 valence electrons. The van der Waals surface area contributed by atoms with E-state index in [4.69, 9.17) is 10.5 Å². The number of aliphatic hydroxyl groups is 2. The van der Waals surface area contributed by atoms with Crippen LogP contribution < -0.4 is 5.43 Å². The average molecular weight is 221 g/mol. The predicted molar refractivity (Wildman–Crippen MR) is 64.0 cm³/mol. The third-order valence-electron chi connectivity index (χ3n) is 1.95. The molecule has 0 saturated heterocycles. The zero-order valence-electron chi connectivity index (χ0n) is 8.96. The number of rotatable bonds is 5. The van der Waals surface area contributed by atoms with Crippen LogP contribution in [0.5, 0.6) is 0 Å². The van der Waals surface area contributed by atoms with Gasteiger partial charge in [-0.15, -0.1) is 0 Å². The van der Waals surface area contributed by atoms with Crippen molar-refractivity contribution in [2.75, 3.05) is 5.43 Å². The molecule has 0 bridgehead atoms. The Morgan fingerprint density at radius 2 is 2.00 bits per heavy atom. The van der Waals surface area contributed by atoms with E-state index in [1.54, 1.807) is 0 Å². The maximum Gasteiger partial charge on any atom is 0.122 e. The Kier molecular flexibility index (Phi) is 4.63. The highest BCUT2D eigenvalue weighted by molar-refractivity contribution is 6.31. The molecule has 1 aromatic rings. The average Bonchev–Trinajstić information content (AvgIpc) is 2.29. The molecule has 0 heterocycles. The quantitative estimate of drug-likeness (QED) is 0.439. The molecule has 5 nitrogen and oxygen atoms in total. The Morgan fingerprint density at radius 1 is 1.38 bits per heavy atom. The van der Waals surface area contributed by atoms with Crippen LogP contribution in [-0.2, 0) is 0 Å². The highest BCUT2D eigenvalue weighted by Gasteiger charge is 2.14. The predicted octanol–water partition coefficient (Wildman–Crippen LogP) is 0.846. The summed E-state index contributed by atoms with van der Waals surface area (Å²) in [6.45, 7) is 1.41. The van der Waals surface area contributed by atoms with E-state index in [2.05, 4.69) is 10.5 Å². The third-order valence-corrected chi connectivity index (χ3v) is 1.95. The number of anilines is 1. The van der Waals surface area contributed by atoms with Gasteiger partial charge in [-0.1, -0.05) is 18.2 Å². The van der Waals surface area contributed by atoms with Gasteiger partial charge in [0.2, 0.25) is 0 Å². The Morgan fingerprint density at radius 3 is 2.56 bits per heavy atom. The largest absolute Gasteiger partial charge is 0.390 e. The molecule has 0 amide bonds. The van der Waals surface area contributed by atoms with E-state index in [1.807, 2.05) is 30.3 Å². The lowest BCUT2D eigenvalue weighted by Gasteiger charge is -2.11. The Hall–Kier alpha value is -1.72. The molecule has 0 fully saturated rings. The lowest BCUT2D eigenvalue weighted by atomic mass is 10.1. The molecule has 0 aromatic heterocycles. The number of nitrogens with zero attached hydrogens (tertiary/aromatic N) is 1. The smallest absolute Gasteiger partial charge is 0.122 e. The summed E-state index contributed by atoms with van der Waals surface area (Å²) >= 11 is 0. The Balaban J connectivity index is 2.46. The number of hydrogen-bond donors (Lipinski definition) is 4. The van der Waals surface area contributed by atoms with Crippen molar-refractivity contribution in [2.45, 2.75) is 19.1 Å². The van der Waals surface area contributed by atoms with E-state index >= 15 is 0 Å².